The number of nitrogens with zero attached hydrogens (tertiary/aromatic N) is 3. The van der Waals surface area contributed by atoms with E-state index in [0.717, 1.165) is 5.69 Å². The highest BCUT2D eigenvalue weighted by molar-refractivity contribution is 7.89. The summed E-state index contributed by atoms with van der Waals surface area (Å²) in [7, 11) is -3.70. The Bertz CT molecular complexity index is 1160. The summed E-state index contributed by atoms with van der Waals surface area (Å²) in [5.41, 5.74) is 1.70. The van der Waals surface area contributed by atoms with Crippen molar-refractivity contribution < 1.29 is 17.2 Å². The van der Waals surface area contributed by atoms with Gasteiger partial charge in [0.1, 0.15) is 5.82 Å². The maximum Gasteiger partial charge on any atom is 0.419 e. The van der Waals surface area contributed by atoms with Crippen LogP contribution in [0.2, 0.25) is 0 Å². The number of rotatable bonds is 4. The quantitative estimate of drug-likeness (QED) is 0.666. The van der Waals surface area contributed by atoms with Crippen LogP contribution in [-0.4, -0.2) is 43.5 Å². The van der Waals surface area contributed by atoms with Crippen molar-refractivity contribution >= 4 is 26.8 Å². The van der Waals surface area contributed by atoms with Gasteiger partial charge < -0.3 is 9.32 Å². The Labute approximate surface area is 161 Å². The molecule has 1 saturated heterocycles. The molecule has 28 heavy (non-hydrogen) atoms. The Morgan fingerprint density at radius 2 is 1.71 bits per heavy atom. The lowest BCUT2D eigenvalue weighted by atomic mass is 10.2. The van der Waals surface area contributed by atoms with Crippen LogP contribution >= 0.6 is 0 Å². The molecule has 0 aliphatic carbocycles. The molecule has 0 bridgehead atoms. The number of hydrogen-bond acceptors (Lipinski definition) is 5. The fourth-order valence-electron chi connectivity index (χ4n) is 3.49. The Kier molecular flexibility index (Phi) is 4.72. The summed E-state index contributed by atoms with van der Waals surface area (Å²) in [5.74, 6) is -0.802. The van der Waals surface area contributed by atoms with E-state index in [0.29, 0.717) is 38.2 Å². The summed E-state index contributed by atoms with van der Waals surface area (Å²) in [6, 6.07) is 10.7. The van der Waals surface area contributed by atoms with Gasteiger partial charge in [0.05, 0.1) is 10.4 Å². The third kappa shape index (κ3) is 3.20. The van der Waals surface area contributed by atoms with Gasteiger partial charge in [-0.3, -0.25) is 4.57 Å². The predicted molar refractivity (Wildman–Crippen MR) is 104 cm³/mol. The number of piperazine rings is 1. The van der Waals surface area contributed by atoms with Crippen molar-refractivity contribution in [3.05, 3.63) is 58.8 Å². The van der Waals surface area contributed by atoms with Gasteiger partial charge in [0.2, 0.25) is 10.0 Å². The summed E-state index contributed by atoms with van der Waals surface area (Å²) in [6.45, 7) is 3.92. The largest absolute Gasteiger partial charge is 0.419 e. The SMILES string of the molecule is CCn1c(=O)oc2cc(S(=O)(=O)N3CCN(c4ccc(F)cc4)CC3)ccc21. The van der Waals surface area contributed by atoms with E-state index in [1.165, 1.54) is 33.1 Å². The first kappa shape index (κ1) is 18.7. The van der Waals surface area contributed by atoms with Crippen LogP contribution in [0, 0.1) is 5.82 Å². The molecule has 9 heteroatoms. The lowest BCUT2D eigenvalue weighted by Gasteiger charge is -2.35. The fraction of sp³-hybridized carbons (Fsp3) is 0.316. The van der Waals surface area contributed by atoms with Crippen LogP contribution in [-0.2, 0) is 16.6 Å². The number of benzene rings is 2. The van der Waals surface area contributed by atoms with Gasteiger partial charge in [-0.1, -0.05) is 0 Å². The molecular weight excluding hydrogens is 385 g/mol. The second-order valence-corrected chi connectivity index (χ2v) is 8.55. The smallest absolute Gasteiger partial charge is 0.408 e. The molecule has 1 aliphatic rings. The van der Waals surface area contributed by atoms with E-state index in [4.69, 9.17) is 4.42 Å². The standard InChI is InChI=1S/C19H20FN3O4S/c1-2-23-17-8-7-16(13-18(17)27-19(23)24)28(25,26)22-11-9-21(10-12-22)15-5-3-14(20)4-6-15/h3-8,13H,2,9-12H2,1H3. The van der Waals surface area contributed by atoms with E-state index in [1.807, 2.05) is 11.8 Å². The van der Waals surface area contributed by atoms with Crippen molar-refractivity contribution in [1.82, 2.24) is 8.87 Å². The first-order chi connectivity index (χ1) is 13.4. The van der Waals surface area contributed by atoms with Gasteiger partial charge in [0.25, 0.3) is 0 Å². The van der Waals surface area contributed by atoms with Crippen LogP contribution in [0.15, 0.2) is 56.6 Å². The summed E-state index contributed by atoms with van der Waals surface area (Å²) in [4.78, 5) is 14.0. The molecule has 0 N–H and O–H groups in total. The maximum absolute atomic E-state index is 13.1. The van der Waals surface area contributed by atoms with Crippen molar-refractivity contribution in [2.75, 3.05) is 31.1 Å². The fourth-order valence-corrected chi connectivity index (χ4v) is 4.93. The third-order valence-electron chi connectivity index (χ3n) is 5.02. The molecule has 4 rings (SSSR count). The van der Waals surface area contributed by atoms with Crippen molar-refractivity contribution in [3.63, 3.8) is 0 Å². The molecule has 3 aromatic rings. The number of halogens is 1. The van der Waals surface area contributed by atoms with Crippen LogP contribution in [0.5, 0.6) is 0 Å². The highest BCUT2D eigenvalue weighted by Crippen LogP contribution is 2.24. The summed E-state index contributed by atoms with van der Waals surface area (Å²) in [5, 5.41) is 0. The van der Waals surface area contributed by atoms with Crippen molar-refractivity contribution in [2.24, 2.45) is 0 Å². The van der Waals surface area contributed by atoms with Gasteiger partial charge in [-0.25, -0.2) is 17.6 Å². The van der Waals surface area contributed by atoms with Gasteiger partial charge >= 0.3 is 5.76 Å². The zero-order chi connectivity index (χ0) is 19.9. The molecule has 2 heterocycles. The molecule has 7 nitrogen and oxygen atoms in total. The lowest BCUT2D eigenvalue weighted by Crippen LogP contribution is -2.48. The Balaban J connectivity index is 1.55. The number of sulfonamides is 1. The van der Waals surface area contributed by atoms with Gasteiger partial charge in [-0.15, -0.1) is 0 Å². The lowest BCUT2D eigenvalue weighted by molar-refractivity contribution is 0.385. The molecule has 0 spiro atoms. The van der Waals surface area contributed by atoms with Crippen LogP contribution < -0.4 is 10.7 Å². The Morgan fingerprint density at radius 1 is 1.04 bits per heavy atom. The molecule has 0 radical (unpaired) electrons. The molecule has 1 aromatic heterocycles. The molecule has 1 fully saturated rings. The number of anilines is 1. The number of aryl methyl sites for hydroxylation is 1. The monoisotopic (exact) mass is 405 g/mol. The summed E-state index contributed by atoms with van der Waals surface area (Å²) < 4.78 is 47.2. The minimum absolute atomic E-state index is 0.104. The summed E-state index contributed by atoms with van der Waals surface area (Å²) in [6.07, 6.45) is 0. The van der Waals surface area contributed by atoms with Crippen molar-refractivity contribution in [2.45, 2.75) is 18.4 Å². The third-order valence-corrected chi connectivity index (χ3v) is 6.92. The molecule has 0 saturated carbocycles. The minimum Gasteiger partial charge on any atom is -0.408 e. The number of hydrogen-bond donors (Lipinski definition) is 0. The Hall–Kier alpha value is -2.65. The van der Waals surface area contributed by atoms with Gasteiger partial charge in [-0.05, 0) is 43.3 Å². The van der Waals surface area contributed by atoms with Gasteiger partial charge in [-0.2, -0.15) is 4.31 Å². The van der Waals surface area contributed by atoms with E-state index < -0.39 is 15.8 Å². The number of oxazole rings is 1. The average molecular weight is 405 g/mol. The predicted octanol–water partition coefficient (Wildman–Crippen LogP) is 2.26. The molecule has 0 atom stereocenters. The first-order valence-electron chi connectivity index (χ1n) is 9.04. The van der Waals surface area contributed by atoms with E-state index in [9.17, 15) is 17.6 Å². The van der Waals surface area contributed by atoms with E-state index >= 15 is 0 Å². The molecule has 1 aliphatic heterocycles. The number of fused-ring (bicyclic) bond motifs is 1. The molecule has 0 unspecified atom stereocenters. The zero-order valence-corrected chi connectivity index (χ0v) is 16.2. The Morgan fingerprint density at radius 3 is 2.36 bits per heavy atom. The topological polar surface area (TPSA) is 75.8 Å². The molecule has 2 aromatic carbocycles. The average Bonchev–Trinajstić information content (AvgIpc) is 3.02. The molecule has 0 amide bonds. The van der Waals surface area contributed by atoms with E-state index in [2.05, 4.69) is 0 Å². The second kappa shape index (κ2) is 7.06. The van der Waals surface area contributed by atoms with Crippen LogP contribution in [0.1, 0.15) is 6.92 Å². The van der Waals surface area contributed by atoms with E-state index in [-0.39, 0.29) is 16.3 Å². The highest BCUT2D eigenvalue weighted by Gasteiger charge is 2.29. The van der Waals surface area contributed by atoms with Crippen molar-refractivity contribution in [1.29, 1.82) is 0 Å². The zero-order valence-electron chi connectivity index (χ0n) is 15.3. The van der Waals surface area contributed by atoms with Crippen LogP contribution in [0.4, 0.5) is 10.1 Å². The van der Waals surface area contributed by atoms with Crippen LogP contribution in [0.3, 0.4) is 0 Å². The van der Waals surface area contributed by atoms with Crippen LogP contribution in [0.25, 0.3) is 11.1 Å². The highest BCUT2D eigenvalue weighted by atomic mass is 32.2. The number of aromatic nitrogens is 1. The summed E-state index contributed by atoms with van der Waals surface area (Å²) >= 11 is 0. The first-order valence-corrected chi connectivity index (χ1v) is 10.5. The molecule has 148 valence electrons. The van der Waals surface area contributed by atoms with Gasteiger partial charge in [0, 0.05) is 44.5 Å². The normalized spacial score (nSPS) is 16.0. The molecular formula is C19H20FN3O4S. The van der Waals surface area contributed by atoms with E-state index in [1.54, 1.807) is 18.2 Å². The minimum atomic E-state index is -3.70. The van der Waals surface area contributed by atoms with Gasteiger partial charge in [0.15, 0.2) is 5.58 Å². The second-order valence-electron chi connectivity index (χ2n) is 6.61. The van der Waals surface area contributed by atoms with Crippen molar-refractivity contribution in [3.8, 4) is 0 Å². The maximum atomic E-state index is 13.1.